The van der Waals surface area contributed by atoms with Crippen molar-refractivity contribution in [1.29, 1.82) is 0 Å². The maximum atomic E-state index is 14.1. The van der Waals surface area contributed by atoms with Crippen LogP contribution in [0.3, 0.4) is 0 Å². The Balaban J connectivity index is 2.61. The normalized spacial score (nSPS) is 13.4. The van der Waals surface area contributed by atoms with Crippen molar-refractivity contribution >= 4 is 23.8 Å². The van der Waals surface area contributed by atoms with Gasteiger partial charge in [-0.25, -0.2) is 0 Å². The fourth-order valence-corrected chi connectivity index (χ4v) is 6.83. The van der Waals surface area contributed by atoms with E-state index in [1.807, 2.05) is 0 Å². The molecule has 200 valence electrons. The lowest BCUT2D eigenvalue weighted by Gasteiger charge is -2.30. The Kier molecular flexibility index (Phi) is 7.42. The first-order valence-corrected chi connectivity index (χ1v) is 11.5. The Morgan fingerprint density at radius 1 is 0.459 bits per heavy atom. The van der Waals surface area contributed by atoms with E-state index in [1.165, 1.54) is 26.0 Å². The molecule has 37 heavy (non-hydrogen) atoms. The van der Waals surface area contributed by atoms with E-state index in [4.69, 9.17) is 0 Å². The molecule has 0 nitrogen and oxygen atoms in total. The van der Waals surface area contributed by atoms with Crippen molar-refractivity contribution in [2.45, 2.75) is 38.6 Å². The van der Waals surface area contributed by atoms with Crippen LogP contribution in [0.5, 0.6) is 0 Å². The molecule has 0 saturated carbocycles. The summed E-state index contributed by atoms with van der Waals surface area (Å²) >= 11 is 0. The van der Waals surface area contributed by atoms with Crippen LogP contribution in [0, 0.1) is 13.8 Å². The zero-order valence-electron chi connectivity index (χ0n) is 18.7. The lowest BCUT2D eigenvalue weighted by atomic mass is 10.1. The van der Waals surface area contributed by atoms with Gasteiger partial charge in [0.2, 0.25) is 0 Å². The van der Waals surface area contributed by atoms with Crippen LogP contribution in [0.2, 0.25) is 0 Å². The standard InChI is InChI=1S/C24H15F12P/c1-12-6-3-9-16(13(12)2)37(17-10-4-7-14(21(25,26)27)19(17)23(31,32)33)18-11-5-8-15(22(28,29)30)20(18)24(34,35)36/h3-11H,1-2H3. The highest BCUT2D eigenvalue weighted by Crippen LogP contribution is 2.49. The van der Waals surface area contributed by atoms with Gasteiger partial charge < -0.3 is 0 Å². The molecule has 0 fully saturated rings. The third-order valence-electron chi connectivity index (χ3n) is 5.56. The first-order valence-electron chi connectivity index (χ1n) is 10.2. The fourth-order valence-electron chi connectivity index (χ4n) is 3.89. The van der Waals surface area contributed by atoms with Gasteiger partial charge in [0, 0.05) is 0 Å². The highest BCUT2D eigenvalue weighted by Gasteiger charge is 2.49. The van der Waals surface area contributed by atoms with Crippen molar-refractivity contribution in [2.75, 3.05) is 0 Å². The van der Waals surface area contributed by atoms with E-state index in [0.717, 1.165) is 6.07 Å². The smallest absolute Gasteiger partial charge is 0.166 e. The molecule has 0 N–H and O–H groups in total. The highest BCUT2D eigenvalue weighted by molar-refractivity contribution is 7.80. The van der Waals surface area contributed by atoms with E-state index >= 15 is 0 Å². The predicted octanol–water partition coefficient (Wildman–Crippen LogP) is 8.14. The fraction of sp³-hybridized carbons (Fsp3) is 0.250. The summed E-state index contributed by atoms with van der Waals surface area (Å²) in [6.45, 7) is 2.78. The van der Waals surface area contributed by atoms with Crippen LogP contribution in [0.25, 0.3) is 0 Å². The molecule has 0 aliphatic carbocycles. The van der Waals surface area contributed by atoms with E-state index < -0.39 is 65.5 Å². The Labute approximate surface area is 203 Å². The minimum absolute atomic E-state index is 0.125. The van der Waals surface area contributed by atoms with Crippen LogP contribution in [-0.2, 0) is 24.7 Å². The molecule has 0 spiro atoms. The van der Waals surface area contributed by atoms with Crippen LogP contribution >= 0.6 is 7.92 Å². The Morgan fingerprint density at radius 2 is 0.811 bits per heavy atom. The number of halogens is 12. The summed E-state index contributed by atoms with van der Waals surface area (Å²) in [5.41, 5.74) is -8.32. The van der Waals surface area contributed by atoms with E-state index in [-0.39, 0.29) is 23.0 Å². The number of alkyl halides is 12. The molecule has 3 rings (SSSR count). The lowest BCUT2D eigenvalue weighted by molar-refractivity contribution is -0.161. The van der Waals surface area contributed by atoms with Crippen LogP contribution in [0.15, 0.2) is 54.6 Å². The quantitative estimate of drug-likeness (QED) is 0.223. The molecule has 0 heterocycles. The Hall–Kier alpha value is -2.75. The van der Waals surface area contributed by atoms with Gasteiger partial charge in [-0.1, -0.05) is 42.5 Å². The third kappa shape index (κ3) is 5.73. The van der Waals surface area contributed by atoms with E-state index in [0.29, 0.717) is 29.8 Å². The van der Waals surface area contributed by atoms with E-state index in [2.05, 4.69) is 0 Å². The lowest BCUT2D eigenvalue weighted by Crippen LogP contribution is -2.35. The topological polar surface area (TPSA) is 0 Å². The zero-order valence-corrected chi connectivity index (χ0v) is 19.6. The van der Waals surface area contributed by atoms with Gasteiger partial charge in [-0.3, -0.25) is 0 Å². The van der Waals surface area contributed by atoms with Gasteiger partial charge in [0.1, 0.15) is 0 Å². The minimum Gasteiger partial charge on any atom is -0.166 e. The number of benzene rings is 3. The predicted molar refractivity (Wildman–Crippen MR) is 115 cm³/mol. The summed E-state index contributed by atoms with van der Waals surface area (Å²) < 4.78 is 167. The second kappa shape index (κ2) is 9.53. The molecular weight excluding hydrogens is 547 g/mol. The molecule has 13 heteroatoms. The van der Waals surface area contributed by atoms with Gasteiger partial charge in [-0.15, -0.1) is 0 Å². The molecular formula is C24H15F12P. The molecule has 0 bridgehead atoms. The first-order chi connectivity index (χ1) is 16.8. The maximum absolute atomic E-state index is 14.1. The van der Waals surface area contributed by atoms with Crippen LogP contribution in [0.1, 0.15) is 33.4 Å². The third-order valence-corrected chi connectivity index (χ3v) is 8.24. The number of rotatable bonds is 3. The molecule has 3 aromatic carbocycles. The Bertz CT molecular complexity index is 1220. The molecule has 0 aliphatic heterocycles. The SMILES string of the molecule is Cc1cccc(P(c2cccc(C(F)(F)F)c2C(F)(F)F)c2cccc(C(F)(F)F)c2C(F)(F)F)c1C. The monoisotopic (exact) mass is 562 g/mol. The summed E-state index contributed by atoms with van der Waals surface area (Å²) in [6, 6.07) is 6.41. The van der Waals surface area contributed by atoms with Crippen molar-refractivity contribution in [2.24, 2.45) is 0 Å². The summed E-state index contributed by atoms with van der Waals surface area (Å²) in [5.74, 6) is 0. The van der Waals surface area contributed by atoms with Gasteiger partial charge in [0.05, 0.1) is 22.3 Å². The van der Waals surface area contributed by atoms with Gasteiger partial charge >= 0.3 is 24.7 Å². The Morgan fingerprint density at radius 3 is 1.16 bits per heavy atom. The number of hydrogen-bond donors (Lipinski definition) is 0. The molecule has 0 aliphatic rings. The minimum atomic E-state index is -5.69. The molecule has 3 aromatic rings. The molecule has 0 aromatic heterocycles. The summed E-state index contributed by atoms with van der Waals surface area (Å²) in [4.78, 5) is 0. The molecule has 0 saturated heterocycles. The largest absolute Gasteiger partial charge is 0.417 e. The average Bonchev–Trinajstić information content (AvgIpc) is 2.74. The van der Waals surface area contributed by atoms with Crippen molar-refractivity contribution < 1.29 is 52.7 Å². The van der Waals surface area contributed by atoms with Crippen LogP contribution in [0.4, 0.5) is 52.7 Å². The van der Waals surface area contributed by atoms with E-state index in [9.17, 15) is 52.7 Å². The van der Waals surface area contributed by atoms with Gasteiger partial charge in [-0.2, -0.15) is 52.7 Å². The molecule has 0 unspecified atom stereocenters. The van der Waals surface area contributed by atoms with Crippen molar-refractivity contribution in [1.82, 2.24) is 0 Å². The van der Waals surface area contributed by atoms with Crippen LogP contribution in [-0.4, -0.2) is 0 Å². The zero-order chi connectivity index (χ0) is 28.1. The second-order valence-corrected chi connectivity index (χ2v) is 10.1. The first kappa shape index (κ1) is 28.8. The average molecular weight is 562 g/mol. The molecule has 0 radical (unpaired) electrons. The van der Waals surface area contributed by atoms with Crippen LogP contribution < -0.4 is 15.9 Å². The maximum Gasteiger partial charge on any atom is 0.417 e. The summed E-state index contributed by atoms with van der Waals surface area (Å²) in [7, 11) is -3.22. The van der Waals surface area contributed by atoms with Crippen molar-refractivity contribution in [3.05, 3.63) is 88.0 Å². The van der Waals surface area contributed by atoms with Crippen molar-refractivity contribution in [3.8, 4) is 0 Å². The molecule has 0 amide bonds. The summed E-state index contributed by atoms with van der Waals surface area (Å²) in [5, 5.41) is -2.64. The number of hydrogen-bond acceptors (Lipinski definition) is 0. The highest BCUT2D eigenvalue weighted by atomic mass is 31.1. The molecule has 0 atom stereocenters. The van der Waals surface area contributed by atoms with Gasteiger partial charge in [0.25, 0.3) is 0 Å². The number of aryl methyl sites for hydroxylation is 1. The van der Waals surface area contributed by atoms with Gasteiger partial charge in [-0.05, 0) is 60.9 Å². The summed E-state index contributed by atoms with van der Waals surface area (Å²) in [6.07, 6.45) is -22.5. The van der Waals surface area contributed by atoms with Crippen molar-refractivity contribution in [3.63, 3.8) is 0 Å². The van der Waals surface area contributed by atoms with E-state index in [1.54, 1.807) is 0 Å². The van der Waals surface area contributed by atoms with Gasteiger partial charge in [0.15, 0.2) is 0 Å². The second-order valence-electron chi connectivity index (χ2n) is 7.94.